The summed E-state index contributed by atoms with van der Waals surface area (Å²) in [6.45, 7) is 1.56. The Hall–Kier alpha value is -2.00. The molecule has 7 nitrogen and oxygen atoms in total. The molecule has 0 atom stereocenters. The molecule has 0 saturated carbocycles. The molecule has 2 aromatic rings. The summed E-state index contributed by atoms with van der Waals surface area (Å²) in [5, 5.41) is 20.0. The molecule has 1 heterocycles. The number of nitrogens with one attached hydrogen (secondary N) is 1. The molecule has 21 heavy (non-hydrogen) atoms. The van der Waals surface area contributed by atoms with Gasteiger partial charge in [0, 0.05) is 0 Å². The van der Waals surface area contributed by atoms with E-state index in [9.17, 15) is 9.90 Å². The number of hydrogen-bond acceptors (Lipinski definition) is 6. The first kappa shape index (κ1) is 15.4. The van der Waals surface area contributed by atoms with E-state index in [0.29, 0.717) is 10.0 Å². The van der Waals surface area contributed by atoms with Crippen molar-refractivity contribution in [1.29, 1.82) is 0 Å². The predicted octanol–water partition coefficient (Wildman–Crippen LogP) is 1.97. The molecule has 0 saturated heterocycles. The van der Waals surface area contributed by atoms with Crippen LogP contribution in [-0.2, 0) is 0 Å². The van der Waals surface area contributed by atoms with Crippen LogP contribution in [0.25, 0.3) is 0 Å². The number of halogens is 1. The van der Waals surface area contributed by atoms with Crippen molar-refractivity contribution in [2.75, 3.05) is 7.11 Å². The number of aryl methyl sites for hydroxylation is 1. The maximum Gasteiger partial charge on any atom is 0.296 e. The number of ether oxygens (including phenoxy) is 1. The van der Waals surface area contributed by atoms with E-state index in [4.69, 9.17) is 17.0 Å². The zero-order valence-electron chi connectivity index (χ0n) is 11.1. The van der Waals surface area contributed by atoms with Crippen LogP contribution < -0.4 is 10.3 Å². The molecule has 1 aromatic carbocycles. The van der Waals surface area contributed by atoms with Gasteiger partial charge in [0.1, 0.15) is 5.69 Å². The molecule has 0 aliphatic carbocycles. The smallest absolute Gasteiger partial charge is 0.296 e. The van der Waals surface area contributed by atoms with Crippen LogP contribution in [0.3, 0.4) is 0 Å². The number of hydrogen-bond donors (Lipinski definition) is 2. The van der Waals surface area contributed by atoms with Crippen LogP contribution in [0.1, 0.15) is 11.3 Å². The second kappa shape index (κ2) is 6.19. The average Bonchev–Trinajstić information content (AvgIpc) is 2.46. The van der Waals surface area contributed by atoms with Crippen LogP contribution in [0.5, 0.6) is 11.5 Å². The van der Waals surface area contributed by atoms with Crippen molar-refractivity contribution >= 4 is 34.4 Å². The Balaban J connectivity index is 2.48. The molecule has 0 radical (unpaired) electrons. The van der Waals surface area contributed by atoms with Crippen molar-refractivity contribution in [3.05, 3.63) is 43.0 Å². The van der Waals surface area contributed by atoms with Crippen LogP contribution in [0.15, 0.2) is 26.5 Å². The quantitative estimate of drug-likeness (QED) is 0.636. The van der Waals surface area contributed by atoms with Crippen LogP contribution in [-0.4, -0.2) is 33.3 Å². The Bertz CT molecular complexity index is 828. The summed E-state index contributed by atoms with van der Waals surface area (Å²) < 4.78 is 6.61. The number of H-pyrrole nitrogens is 1. The molecule has 0 amide bonds. The van der Waals surface area contributed by atoms with E-state index in [-0.39, 0.29) is 22.0 Å². The number of aromatic hydroxyl groups is 1. The maximum atomic E-state index is 11.9. The van der Waals surface area contributed by atoms with E-state index >= 15 is 0 Å². The van der Waals surface area contributed by atoms with Crippen molar-refractivity contribution in [3.63, 3.8) is 0 Å². The van der Waals surface area contributed by atoms with Gasteiger partial charge in [0.15, 0.2) is 11.5 Å². The zero-order valence-corrected chi connectivity index (χ0v) is 13.5. The molecule has 0 spiro atoms. The Labute approximate surface area is 133 Å². The molecular formula is C12H11BrN4O3S. The lowest BCUT2D eigenvalue weighted by molar-refractivity contribution is 0.372. The van der Waals surface area contributed by atoms with Crippen LogP contribution >= 0.6 is 28.1 Å². The van der Waals surface area contributed by atoms with E-state index in [1.54, 1.807) is 19.1 Å². The van der Waals surface area contributed by atoms with Crippen molar-refractivity contribution in [3.8, 4) is 11.5 Å². The maximum absolute atomic E-state index is 11.9. The summed E-state index contributed by atoms with van der Waals surface area (Å²) >= 11 is 8.17. The van der Waals surface area contributed by atoms with E-state index < -0.39 is 5.56 Å². The molecule has 2 rings (SSSR count). The number of aromatic nitrogens is 3. The van der Waals surface area contributed by atoms with Gasteiger partial charge < -0.3 is 9.84 Å². The third-order valence-corrected chi connectivity index (χ3v) is 3.48. The Morgan fingerprint density at radius 3 is 2.95 bits per heavy atom. The highest BCUT2D eigenvalue weighted by atomic mass is 79.9. The van der Waals surface area contributed by atoms with Crippen molar-refractivity contribution < 1.29 is 9.84 Å². The molecule has 0 bridgehead atoms. The van der Waals surface area contributed by atoms with Gasteiger partial charge in [-0.15, -0.1) is 0 Å². The van der Waals surface area contributed by atoms with Gasteiger partial charge >= 0.3 is 0 Å². The van der Waals surface area contributed by atoms with E-state index in [2.05, 4.69) is 31.2 Å². The molecule has 2 N–H and O–H groups in total. The van der Waals surface area contributed by atoms with E-state index in [0.717, 1.165) is 4.68 Å². The van der Waals surface area contributed by atoms with E-state index in [1.807, 2.05) is 0 Å². The lowest BCUT2D eigenvalue weighted by atomic mass is 10.2. The molecule has 0 unspecified atom stereocenters. The number of rotatable bonds is 3. The lowest BCUT2D eigenvalue weighted by Gasteiger charge is -2.06. The number of phenols is 1. The van der Waals surface area contributed by atoms with Gasteiger partial charge in [-0.25, -0.2) is 0 Å². The van der Waals surface area contributed by atoms with Gasteiger partial charge in [-0.2, -0.15) is 14.9 Å². The minimum atomic E-state index is -0.403. The van der Waals surface area contributed by atoms with Crippen LogP contribution in [0.2, 0.25) is 0 Å². The Morgan fingerprint density at radius 1 is 1.57 bits per heavy atom. The summed E-state index contributed by atoms with van der Waals surface area (Å²) in [6, 6.07) is 3.21. The summed E-state index contributed by atoms with van der Waals surface area (Å²) in [4.78, 5) is 11.9. The lowest BCUT2D eigenvalue weighted by Crippen LogP contribution is -2.22. The van der Waals surface area contributed by atoms with Crippen molar-refractivity contribution in [2.45, 2.75) is 6.92 Å². The monoisotopic (exact) mass is 370 g/mol. The van der Waals surface area contributed by atoms with Gasteiger partial charge in [0.2, 0.25) is 4.77 Å². The first-order valence-electron chi connectivity index (χ1n) is 5.73. The van der Waals surface area contributed by atoms with Crippen molar-refractivity contribution in [1.82, 2.24) is 14.9 Å². The molecule has 0 fully saturated rings. The zero-order chi connectivity index (χ0) is 15.6. The largest absolute Gasteiger partial charge is 0.503 e. The number of phenolic OH excluding ortho intramolecular Hbond substituents is 1. The molecule has 9 heteroatoms. The fourth-order valence-electron chi connectivity index (χ4n) is 1.53. The minimum Gasteiger partial charge on any atom is -0.503 e. The predicted molar refractivity (Wildman–Crippen MR) is 83.8 cm³/mol. The fourth-order valence-corrected chi connectivity index (χ4v) is 2.16. The summed E-state index contributed by atoms with van der Waals surface area (Å²) in [5.41, 5.74) is 0.470. The molecule has 1 aromatic heterocycles. The standard InChI is InChI=1S/C12H11BrN4O3S/c1-6-11(19)17(12(21)16-15-6)14-5-7-3-8(13)10(18)9(4-7)20-2/h3-5,18H,1-2H3,(H,16,21)/b14-5+. The van der Waals surface area contributed by atoms with Gasteiger partial charge in [-0.1, -0.05) is 0 Å². The highest BCUT2D eigenvalue weighted by molar-refractivity contribution is 9.10. The van der Waals surface area contributed by atoms with Crippen molar-refractivity contribution in [2.24, 2.45) is 5.10 Å². The fraction of sp³-hybridized carbons (Fsp3) is 0.167. The SMILES string of the molecule is COc1cc(/C=N/n2c(=S)[nH]nc(C)c2=O)cc(Br)c1O. The number of nitrogens with zero attached hydrogens (tertiary/aromatic N) is 3. The highest BCUT2D eigenvalue weighted by Gasteiger charge is 2.08. The normalized spacial score (nSPS) is 11.0. The second-order valence-electron chi connectivity index (χ2n) is 4.03. The Kier molecular flexibility index (Phi) is 4.53. The highest BCUT2D eigenvalue weighted by Crippen LogP contribution is 2.34. The molecule has 0 aliphatic heterocycles. The molecule has 110 valence electrons. The van der Waals surface area contributed by atoms with Crippen LogP contribution in [0.4, 0.5) is 0 Å². The third kappa shape index (κ3) is 3.19. The molecular weight excluding hydrogens is 360 g/mol. The summed E-state index contributed by atoms with van der Waals surface area (Å²) in [6.07, 6.45) is 1.43. The number of benzene rings is 1. The summed E-state index contributed by atoms with van der Waals surface area (Å²) in [7, 11) is 1.44. The number of aromatic amines is 1. The van der Waals surface area contributed by atoms with Gasteiger partial charge in [-0.3, -0.25) is 9.89 Å². The third-order valence-electron chi connectivity index (χ3n) is 2.61. The van der Waals surface area contributed by atoms with Crippen LogP contribution in [0, 0.1) is 11.7 Å². The Morgan fingerprint density at radius 2 is 2.29 bits per heavy atom. The van der Waals surface area contributed by atoms with E-state index in [1.165, 1.54) is 13.3 Å². The topological polar surface area (TPSA) is 92.5 Å². The summed E-state index contributed by atoms with van der Waals surface area (Å²) in [5.74, 6) is 0.276. The first-order chi connectivity index (χ1) is 9.93. The number of methoxy groups -OCH3 is 1. The minimum absolute atomic E-state index is 0.0103. The van der Waals surface area contributed by atoms with Gasteiger partial charge in [-0.05, 0) is 52.8 Å². The van der Waals surface area contributed by atoms with Gasteiger partial charge in [0.25, 0.3) is 5.56 Å². The molecule has 0 aliphatic rings. The first-order valence-corrected chi connectivity index (χ1v) is 6.93. The van der Waals surface area contributed by atoms with Gasteiger partial charge in [0.05, 0.1) is 17.8 Å². The average molecular weight is 371 g/mol. The second-order valence-corrected chi connectivity index (χ2v) is 5.27.